The minimum Gasteiger partial charge on any atom is -0.456 e. The molecule has 0 aliphatic carbocycles. The second kappa shape index (κ2) is 11.9. The zero-order valence-electron chi connectivity index (χ0n) is 26.5. The van der Waals surface area contributed by atoms with Gasteiger partial charge in [0.25, 0.3) is 0 Å². The lowest BCUT2D eigenvalue weighted by Gasteiger charge is -2.11. The third-order valence-electron chi connectivity index (χ3n) is 9.25. The fourth-order valence-corrected chi connectivity index (χ4v) is 6.77. The number of nitrogens with one attached hydrogen (secondary N) is 1. The molecule has 0 saturated carbocycles. The van der Waals surface area contributed by atoms with E-state index in [1.807, 2.05) is 79.0 Å². The standard InChI is InChI=1S/C45H29N3O/c46-44(32-20-18-30(19-21-32)29-10-2-1-3-11-29)48-45(34-23-25-39-38-16-8-9-17-42(38)49-43(39)27-34)47-28-41-36-15-7-5-13-33(36)26-40-35-14-6-4-12-31(35)22-24-37(40)41/h1-28,46H. The van der Waals surface area contributed by atoms with E-state index in [0.29, 0.717) is 11.4 Å². The van der Waals surface area contributed by atoms with Crippen molar-refractivity contribution in [2.24, 2.45) is 9.98 Å². The first kappa shape index (κ1) is 28.6. The highest BCUT2D eigenvalue weighted by Gasteiger charge is 2.13. The SMILES string of the molecule is N=C(N=C(N=Cc1c2ccccc2cc2c1ccc1ccccc12)c1ccc2c(c1)oc1ccccc12)c1ccc(-c2ccccc2)cc1. The summed E-state index contributed by atoms with van der Waals surface area (Å²) in [5.74, 6) is 0.562. The van der Waals surface area contributed by atoms with Gasteiger partial charge in [-0.25, -0.2) is 9.98 Å². The zero-order chi connectivity index (χ0) is 32.7. The number of amidine groups is 2. The summed E-state index contributed by atoms with van der Waals surface area (Å²) in [6.07, 6.45) is 1.91. The fraction of sp³-hybridized carbons (Fsp3) is 0. The van der Waals surface area contributed by atoms with Crippen molar-refractivity contribution in [2.75, 3.05) is 0 Å². The lowest BCUT2D eigenvalue weighted by Crippen LogP contribution is -2.05. The van der Waals surface area contributed by atoms with Crippen LogP contribution in [-0.4, -0.2) is 17.9 Å². The van der Waals surface area contributed by atoms with Crippen molar-refractivity contribution in [1.29, 1.82) is 5.41 Å². The maximum atomic E-state index is 9.09. The summed E-state index contributed by atoms with van der Waals surface area (Å²) in [7, 11) is 0. The quantitative estimate of drug-likeness (QED) is 0.0897. The molecular weight excluding hydrogens is 599 g/mol. The van der Waals surface area contributed by atoms with Crippen LogP contribution in [0.1, 0.15) is 16.7 Å². The first-order valence-corrected chi connectivity index (χ1v) is 16.3. The number of rotatable bonds is 4. The van der Waals surface area contributed by atoms with Crippen LogP contribution in [0.2, 0.25) is 0 Å². The van der Waals surface area contributed by atoms with E-state index in [1.54, 1.807) is 0 Å². The van der Waals surface area contributed by atoms with E-state index < -0.39 is 0 Å². The van der Waals surface area contributed by atoms with Crippen molar-refractivity contribution in [2.45, 2.75) is 0 Å². The molecule has 4 heteroatoms. The molecule has 1 aromatic heterocycles. The smallest absolute Gasteiger partial charge is 0.161 e. The molecule has 4 nitrogen and oxygen atoms in total. The van der Waals surface area contributed by atoms with Crippen LogP contribution in [0.15, 0.2) is 178 Å². The third kappa shape index (κ3) is 5.16. The summed E-state index contributed by atoms with van der Waals surface area (Å²) < 4.78 is 6.25. The summed E-state index contributed by atoms with van der Waals surface area (Å²) in [6, 6.07) is 55.8. The summed E-state index contributed by atoms with van der Waals surface area (Å²) in [5, 5.41) is 18.1. The van der Waals surface area contributed by atoms with E-state index in [-0.39, 0.29) is 5.84 Å². The molecule has 1 heterocycles. The molecule has 230 valence electrons. The van der Waals surface area contributed by atoms with Crippen molar-refractivity contribution in [3.63, 3.8) is 0 Å². The molecule has 0 amide bonds. The monoisotopic (exact) mass is 627 g/mol. The molecule has 0 spiro atoms. The summed E-state index contributed by atoms with van der Waals surface area (Å²) >= 11 is 0. The Hall–Kier alpha value is -6.65. The van der Waals surface area contributed by atoms with Gasteiger partial charge in [-0.2, -0.15) is 0 Å². The van der Waals surface area contributed by atoms with Crippen LogP contribution in [0.4, 0.5) is 0 Å². The number of furan rings is 1. The van der Waals surface area contributed by atoms with E-state index in [4.69, 9.17) is 19.8 Å². The van der Waals surface area contributed by atoms with Crippen molar-refractivity contribution in [3.05, 3.63) is 180 Å². The molecule has 0 saturated heterocycles. The molecule has 0 fully saturated rings. The summed E-state index contributed by atoms with van der Waals surface area (Å²) in [5.41, 5.74) is 6.28. The summed E-state index contributed by atoms with van der Waals surface area (Å²) in [4.78, 5) is 9.94. The van der Waals surface area contributed by atoms with Gasteiger partial charge in [-0.3, -0.25) is 5.41 Å². The Morgan fingerprint density at radius 3 is 1.94 bits per heavy atom. The molecule has 1 N–H and O–H groups in total. The normalized spacial score (nSPS) is 12.2. The molecule has 0 aliphatic heterocycles. The minimum atomic E-state index is 0.130. The van der Waals surface area contributed by atoms with Gasteiger partial charge in [0, 0.05) is 33.7 Å². The third-order valence-corrected chi connectivity index (χ3v) is 9.25. The molecule has 0 unspecified atom stereocenters. The average molecular weight is 628 g/mol. The van der Waals surface area contributed by atoms with Gasteiger partial charge in [0.15, 0.2) is 11.7 Å². The van der Waals surface area contributed by atoms with Crippen molar-refractivity contribution in [1.82, 2.24) is 0 Å². The Kier molecular flexibility index (Phi) is 6.91. The Bertz CT molecular complexity index is 2770. The fourth-order valence-electron chi connectivity index (χ4n) is 6.77. The molecule has 0 radical (unpaired) electrons. The molecule has 0 bridgehead atoms. The van der Waals surface area contributed by atoms with Gasteiger partial charge in [0.2, 0.25) is 0 Å². The maximum Gasteiger partial charge on any atom is 0.161 e. The Morgan fingerprint density at radius 2 is 1.10 bits per heavy atom. The van der Waals surface area contributed by atoms with E-state index in [1.165, 1.54) is 16.2 Å². The molecule has 9 rings (SSSR count). The van der Waals surface area contributed by atoms with Crippen LogP contribution in [0, 0.1) is 5.41 Å². The Morgan fingerprint density at radius 1 is 0.469 bits per heavy atom. The van der Waals surface area contributed by atoms with Gasteiger partial charge >= 0.3 is 0 Å². The molecule has 0 atom stereocenters. The lowest BCUT2D eigenvalue weighted by atomic mass is 9.94. The number of hydrogen-bond acceptors (Lipinski definition) is 2. The molecule has 9 aromatic rings. The van der Waals surface area contributed by atoms with E-state index >= 15 is 0 Å². The summed E-state index contributed by atoms with van der Waals surface area (Å²) in [6.45, 7) is 0. The van der Waals surface area contributed by atoms with Gasteiger partial charge in [0.1, 0.15) is 11.2 Å². The maximum absolute atomic E-state index is 9.09. The van der Waals surface area contributed by atoms with Crippen LogP contribution < -0.4 is 0 Å². The van der Waals surface area contributed by atoms with Gasteiger partial charge in [-0.1, -0.05) is 140 Å². The molecular formula is C45H29N3O. The lowest BCUT2D eigenvalue weighted by molar-refractivity contribution is 0.669. The molecule has 8 aromatic carbocycles. The topological polar surface area (TPSA) is 61.7 Å². The number of benzene rings is 8. The zero-order valence-corrected chi connectivity index (χ0v) is 26.5. The highest BCUT2D eigenvalue weighted by Crippen LogP contribution is 2.33. The Balaban J connectivity index is 1.20. The number of hydrogen-bond donors (Lipinski definition) is 1. The highest BCUT2D eigenvalue weighted by atomic mass is 16.3. The molecule has 0 aliphatic rings. The van der Waals surface area contributed by atoms with E-state index in [0.717, 1.165) is 60.4 Å². The number of fused-ring (bicyclic) bond motifs is 7. The predicted octanol–water partition coefficient (Wildman–Crippen LogP) is 11.6. The van der Waals surface area contributed by atoms with Crippen LogP contribution in [0.25, 0.3) is 65.4 Å². The number of nitrogens with zero attached hydrogens (tertiary/aromatic N) is 2. The molecule has 49 heavy (non-hydrogen) atoms. The van der Waals surface area contributed by atoms with Crippen molar-refractivity contribution >= 4 is 72.1 Å². The second-order valence-corrected chi connectivity index (χ2v) is 12.2. The second-order valence-electron chi connectivity index (χ2n) is 12.2. The van der Waals surface area contributed by atoms with E-state index in [9.17, 15) is 0 Å². The first-order valence-electron chi connectivity index (χ1n) is 16.3. The van der Waals surface area contributed by atoms with Crippen LogP contribution >= 0.6 is 0 Å². The van der Waals surface area contributed by atoms with Crippen LogP contribution in [-0.2, 0) is 0 Å². The van der Waals surface area contributed by atoms with Crippen molar-refractivity contribution in [3.8, 4) is 11.1 Å². The number of aliphatic imine (C=N–C) groups is 2. The highest BCUT2D eigenvalue weighted by molar-refractivity contribution is 6.22. The number of para-hydroxylation sites is 1. The van der Waals surface area contributed by atoms with Gasteiger partial charge in [-0.05, 0) is 67.7 Å². The Labute approximate surface area is 282 Å². The largest absolute Gasteiger partial charge is 0.456 e. The van der Waals surface area contributed by atoms with Crippen molar-refractivity contribution < 1.29 is 4.42 Å². The first-order chi connectivity index (χ1) is 24.2. The van der Waals surface area contributed by atoms with E-state index in [2.05, 4.69) is 91.0 Å². The minimum absolute atomic E-state index is 0.130. The predicted molar refractivity (Wildman–Crippen MR) is 206 cm³/mol. The van der Waals surface area contributed by atoms with Gasteiger partial charge in [-0.15, -0.1) is 0 Å². The van der Waals surface area contributed by atoms with Crippen LogP contribution in [0.5, 0.6) is 0 Å². The average Bonchev–Trinajstić information content (AvgIpc) is 3.54. The van der Waals surface area contributed by atoms with Gasteiger partial charge < -0.3 is 4.42 Å². The van der Waals surface area contributed by atoms with Crippen LogP contribution in [0.3, 0.4) is 0 Å². The van der Waals surface area contributed by atoms with Gasteiger partial charge in [0.05, 0.1) is 0 Å².